The molecule has 0 amide bonds. The van der Waals surface area contributed by atoms with Crippen LogP contribution in [0.5, 0.6) is 5.75 Å². The summed E-state index contributed by atoms with van der Waals surface area (Å²) in [5.41, 5.74) is 4.32. The first-order valence-electron chi connectivity index (χ1n) is 12.3. The first kappa shape index (κ1) is 21.1. The van der Waals surface area contributed by atoms with Crippen LogP contribution in [0, 0.1) is 0 Å². The van der Waals surface area contributed by atoms with Gasteiger partial charge in [0.05, 0.1) is 11.1 Å². The van der Waals surface area contributed by atoms with Crippen LogP contribution >= 0.6 is 0 Å². The highest BCUT2D eigenvalue weighted by molar-refractivity contribution is 5.79. The number of para-hydroxylation sites is 1. The molecular weight excluding hydrogens is 412 g/mol. The zero-order valence-corrected chi connectivity index (χ0v) is 19.3. The lowest BCUT2D eigenvalue weighted by atomic mass is 9.49. The number of fused-ring (bicyclic) bond motifs is 3. The molecular formula is C28H32N2O3. The van der Waals surface area contributed by atoms with E-state index in [1.807, 2.05) is 25.1 Å². The number of hydrogen-bond donors (Lipinski definition) is 2. The maximum atomic E-state index is 12.6. The Morgan fingerprint density at radius 2 is 2.00 bits per heavy atom. The van der Waals surface area contributed by atoms with Crippen molar-refractivity contribution in [2.75, 3.05) is 26.3 Å². The summed E-state index contributed by atoms with van der Waals surface area (Å²) >= 11 is 0. The Kier molecular flexibility index (Phi) is 4.98. The van der Waals surface area contributed by atoms with E-state index in [1.165, 1.54) is 5.56 Å². The summed E-state index contributed by atoms with van der Waals surface area (Å²) in [5, 5.41) is 24.1. The van der Waals surface area contributed by atoms with Crippen LogP contribution in [0.1, 0.15) is 42.1 Å². The first-order valence-corrected chi connectivity index (χ1v) is 12.3. The highest BCUT2D eigenvalue weighted by atomic mass is 16.5. The highest BCUT2D eigenvalue weighted by Gasteiger charge is 2.64. The van der Waals surface area contributed by atoms with Crippen molar-refractivity contribution in [3.05, 3.63) is 70.9 Å². The van der Waals surface area contributed by atoms with E-state index in [0.29, 0.717) is 12.8 Å². The molecule has 5 nitrogen and oxygen atoms in total. The van der Waals surface area contributed by atoms with Gasteiger partial charge in [-0.15, -0.1) is 0 Å². The van der Waals surface area contributed by atoms with Crippen LogP contribution in [-0.2, 0) is 29.4 Å². The van der Waals surface area contributed by atoms with Gasteiger partial charge in [0, 0.05) is 55.1 Å². The van der Waals surface area contributed by atoms with E-state index in [1.54, 1.807) is 6.07 Å². The summed E-state index contributed by atoms with van der Waals surface area (Å²) in [4.78, 5) is 7.55. The molecule has 1 fully saturated rings. The van der Waals surface area contributed by atoms with E-state index in [-0.39, 0.29) is 11.8 Å². The standard InChI is InChI=1S/C28H32N2O3/c1-2-33-13-5-11-30-12-10-27-18-25-21(14-20-6-3-4-7-24(20)29-25)17-28(27,32)26(30)15-19-8-9-22(31)16-23(19)27/h3-4,6-9,14,16,26,31-32H,2,5,10-13,15,17-18H2,1H3/t26-,27+,28+/m0/s1. The van der Waals surface area contributed by atoms with Crippen molar-refractivity contribution in [3.63, 3.8) is 0 Å². The topological polar surface area (TPSA) is 65.8 Å². The molecule has 5 heteroatoms. The van der Waals surface area contributed by atoms with Gasteiger partial charge in [-0.25, -0.2) is 0 Å². The molecule has 0 spiro atoms. The number of benzene rings is 2. The van der Waals surface area contributed by atoms with Crippen molar-refractivity contribution in [1.82, 2.24) is 9.88 Å². The minimum Gasteiger partial charge on any atom is -0.508 e. The van der Waals surface area contributed by atoms with Crippen LogP contribution < -0.4 is 0 Å². The Morgan fingerprint density at radius 3 is 2.88 bits per heavy atom. The second-order valence-corrected chi connectivity index (χ2v) is 10.0. The molecule has 172 valence electrons. The maximum absolute atomic E-state index is 12.6. The molecule has 2 aliphatic carbocycles. The van der Waals surface area contributed by atoms with Gasteiger partial charge in [-0.3, -0.25) is 9.88 Å². The fourth-order valence-electron chi connectivity index (χ4n) is 6.88. The first-order chi connectivity index (χ1) is 16.0. The molecule has 2 aromatic carbocycles. The van der Waals surface area contributed by atoms with E-state index < -0.39 is 11.0 Å². The molecule has 0 unspecified atom stereocenters. The third-order valence-electron chi connectivity index (χ3n) is 8.43. The van der Waals surface area contributed by atoms with E-state index in [9.17, 15) is 10.2 Å². The number of phenolic OH excluding ortho intramolecular Hbond substituents is 1. The largest absolute Gasteiger partial charge is 0.508 e. The summed E-state index contributed by atoms with van der Waals surface area (Å²) in [6.45, 7) is 5.40. The number of aromatic hydroxyl groups is 1. The quantitative estimate of drug-likeness (QED) is 0.587. The average molecular weight is 445 g/mol. The van der Waals surface area contributed by atoms with Crippen molar-refractivity contribution >= 4 is 10.9 Å². The molecule has 0 saturated carbocycles. The molecule has 33 heavy (non-hydrogen) atoms. The van der Waals surface area contributed by atoms with Crippen molar-refractivity contribution in [1.29, 1.82) is 0 Å². The average Bonchev–Trinajstić information content (AvgIpc) is 2.80. The molecule has 3 atom stereocenters. The summed E-state index contributed by atoms with van der Waals surface area (Å²) in [6, 6.07) is 16.3. The molecule has 1 aromatic heterocycles. The van der Waals surface area contributed by atoms with Gasteiger partial charge in [0.1, 0.15) is 5.75 Å². The summed E-state index contributed by atoms with van der Waals surface area (Å²) in [5.74, 6) is 0.278. The Hall–Kier alpha value is -2.47. The Balaban J connectivity index is 1.47. The molecule has 2 N–H and O–H groups in total. The molecule has 6 rings (SSSR count). The number of aliphatic hydroxyl groups is 1. The lowest BCUT2D eigenvalue weighted by Crippen LogP contribution is -2.74. The number of likely N-dealkylation sites (tertiary alicyclic amines) is 1. The minimum atomic E-state index is -0.894. The predicted octanol–water partition coefficient (Wildman–Crippen LogP) is 3.77. The fourth-order valence-corrected chi connectivity index (χ4v) is 6.88. The van der Waals surface area contributed by atoms with Crippen LogP contribution in [-0.4, -0.2) is 58.0 Å². The number of pyridine rings is 1. The zero-order valence-electron chi connectivity index (χ0n) is 19.3. The van der Waals surface area contributed by atoms with Crippen LogP contribution in [0.2, 0.25) is 0 Å². The van der Waals surface area contributed by atoms with Crippen LogP contribution in [0.3, 0.4) is 0 Å². The fraction of sp³-hybridized carbons (Fsp3) is 0.464. The summed E-state index contributed by atoms with van der Waals surface area (Å²) in [7, 11) is 0. The molecule has 1 aliphatic heterocycles. The lowest BCUT2D eigenvalue weighted by molar-refractivity contribution is -0.152. The van der Waals surface area contributed by atoms with Crippen molar-refractivity contribution < 1.29 is 14.9 Å². The minimum absolute atomic E-state index is 0.0459. The molecule has 0 radical (unpaired) electrons. The molecule has 2 bridgehead atoms. The Bertz CT molecular complexity index is 1210. The number of ether oxygens (including phenoxy) is 1. The van der Waals surface area contributed by atoms with E-state index in [2.05, 4.69) is 29.2 Å². The predicted molar refractivity (Wildman–Crippen MR) is 129 cm³/mol. The third-order valence-corrected chi connectivity index (χ3v) is 8.43. The van der Waals surface area contributed by atoms with Gasteiger partial charge >= 0.3 is 0 Å². The third kappa shape index (κ3) is 3.13. The smallest absolute Gasteiger partial charge is 0.115 e. The van der Waals surface area contributed by atoms with E-state index in [0.717, 1.165) is 73.3 Å². The lowest BCUT2D eigenvalue weighted by Gasteiger charge is -2.63. The van der Waals surface area contributed by atoms with Crippen LogP contribution in [0.4, 0.5) is 0 Å². The molecule has 3 aliphatic rings. The Morgan fingerprint density at radius 1 is 1.12 bits per heavy atom. The highest BCUT2D eigenvalue weighted by Crippen LogP contribution is 2.57. The molecule has 1 saturated heterocycles. The maximum Gasteiger partial charge on any atom is 0.115 e. The SMILES string of the molecule is CCOCCCN1CC[C@]23Cc4nc5ccccc5cc4C[C@@]2(O)[C@@H]1Cc1ccc(O)cc13. The Labute approximate surface area is 195 Å². The number of piperidine rings is 1. The van der Waals surface area contributed by atoms with Crippen molar-refractivity contribution in [3.8, 4) is 5.75 Å². The van der Waals surface area contributed by atoms with Gasteiger partial charge in [-0.05, 0) is 73.7 Å². The second kappa shape index (κ2) is 7.79. The van der Waals surface area contributed by atoms with E-state index in [4.69, 9.17) is 9.72 Å². The zero-order chi connectivity index (χ0) is 22.6. The normalized spacial score (nSPS) is 28.2. The number of rotatable bonds is 5. The van der Waals surface area contributed by atoms with Gasteiger partial charge < -0.3 is 14.9 Å². The number of nitrogens with zero attached hydrogens (tertiary/aromatic N) is 2. The van der Waals surface area contributed by atoms with Gasteiger partial charge in [-0.2, -0.15) is 0 Å². The van der Waals surface area contributed by atoms with Crippen LogP contribution in [0.15, 0.2) is 48.5 Å². The number of aromatic nitrogens is 1. The summed E-state index contributed by atoms with van der Waals surface area (Å²) in [6.07, 6.45) is 3.95. The van der Waals surface area contributed by atoms with E-state index >= 15 is 0 Å². The van der Waals surface area contributed by atoms with Gasteiger partial charge in [0.25, 0.3) is 0 Å². The molecule has 2 heterocycles. The monoisotopic (exact) mass is 444 g/mol. The van der Waals surface area contributed by atoms with Crippen LogP contribution in [0.25, 0.3) is 10.9 Å². The van der Waals surface area contributed by atoms with Gasteiger partial charge in [0.2, 0.25) is 0 Å². The van der Waals surface area contributed by atoms with Crippen molar-refractivity contribution in [2.45, 2.75) is 56.1 Å². The van der Waals surface area contributed by atoms with Crippen molar-refractivity contribution in [2.24, 2.45) is 0 Å². The van der Waals surface area contributed by atoms with Gasteiger partial charge in [-0.1, -0.05) is 24.3 Å². The number of phenols is 1. The van der Waals surface area contributed by atoms with Gasteiger partial charge in [0.15, 0.2) is 0 Å². The summed E-state index contributed by atoms with van der Waals surface area (Å²) < 4.78 is 5.59. The number of hydrogen-bond acceptors (Lipinski definition) is 5. The molecule has 3 aromatic rings. The second-order valence-electron chi connectivity index (χ2n) is 10.0.